The molecule has 0 amide bonds. The topological polar surface area (TPSA) is 106 Å². The number of carboxylic acids is 1. The molecule has 1 N–H and O–H groups in total. The largest absolute Gasteiger partial charge is 0.494 e. The minimum atomic E-state index is -3.37. The maximum atomic E-state index is 12.8. The van der Waals surface area contributed by atoms with Crippen LogP contribution in [0.4, 0.5) is 0 Å². The second-order valence-electron chi connectivity index (χ2n) is 9.74. The van der Waals surface area contributed by atoms with E-state index in [1.165, 1.54) is 4.31 Å². The van der Waals surface area contributed by atoms with Crippen LogP contribution in [0, 0.1) is 5.92 Å². The number of sulfonamides is 1. The SMILES string of the molecule is CCCOc1ccc([C@H]2[C@H](C(=O)O)[C@@H](c3ccc4c(c3)OCO4)CN2CCN(CCC)S(=O)(=O)CC)cc1. The first kappa shape index (κ1) is 28.2. The Morgan fingerprint density at radius 1 is 1.03 bits per heavy atom. The van der Waals surface area contributed by atoms with E-state index in [9.17, 15) is 18.3 Å². The first-order chi connectivity index (χ1) is 18.3. The van der Waals surface area contributed by atoms with Crippen molar-refractivity contribution in [2.24, 2.45) is 5.92 Å². The van der Waals surface area contributed by atoms with Gasteiger partial charge in [0, 0.05) is 38.1 Å². The van der Waals surface area contributed by atoms with E-state index in [0.29, 0.717) is 50.7 Å². The molecular formula is C28H38N2O7S. The van der Waals surface area contributed by atoms with Crippen molar-refractivity contribution in [3.8, 4) is 17.2 Å². The third kappa shape index (κ3) is 6.08. The summed E-state index contributed by atoms with van der Waals surface area (Å²) in [6.07, 6.45) is 1.60. The lowest BCUT2D eigenvalue weighted by molar-refractivity contribution is -0.143. The van der Waals surface area contributed by atoms with E-state index in [4.69, 9.17) is 14.2 Å². The zero-order valence-corrected chi connectivity index (χ0v) is 23.2. The minimum absolute atomic E-state index is 0.0349. The fourth-order valence-corrected chi connectivity index (χ4v) is 6.57. The van der Waals surface area contributed by atoms with Crippen LogP contribution in [0.2, 0.25) is 0 Å². The van der Waals surface area contributed by atoms with Crippen molar-refractivity contribution in [3.05, 3.63) is 53.6 Å². The van der Waals surface area contributed by atoms with Gasteiger partial charge in [-0.05, 0) is 55.2 Å². The molecule has 2 aliphatic heterocycles. The highest BCUT2D eigenvalue weighted by molar-refractivity contribution is 7.89. The van der Waals surface area contributed by atoms with Gasteiger partial charge in [-0.3, -0.25) is 9.69 Å². The smallest absolute Gasteiger partial charge is 0.309 e. The number of hydrogen-bond acceptors (Lipinski definition) is 7. The van der Waals surface area contributed by atoms with Crippen molar-refractivity contribution in [3.63, 3.8) is 0 Å². The molecule has 0 aliphatic carbocycles. The molecule has 2 heterocycles. The summed E-state index contributed by atoms with van der Waals surface area (Å²) in [5.74, 6) is 0.0934. The van der Waals surface area contributed by atoms with Crippen molar-refractivity contribution in [2.45, 2.75) is 45.6 Å². The van der Waals surface area contributed by atoms with Gasteiger partial charge in [-0.15, -0.1) is 0 Å². The first-order valence-electron chi connectivity index (χ1n) is 13.4. The summed E-state index contributed by atoms with van der Waals surface area (Å²) in [6.45, 7) is 8.03. The summed E-state index contributed by atoms with van der Waals surface area (Å²) in [5, 5.41) is 10.5. The van der Waals surface area contributed by atoms with Crippen LogP contribution >= 0.6 is 0 Å². The number of ether oxygens (including phenoxy) is 3. The zero-order valence-electron chi connectivity index (χ0n) is 22.3. The van der Waals surface area contributed by atoms with E-state index >= 15 is 0 Å². The highest BCUT2D eigenvalue weighted by Gasteiger charge is 2.47. The maximum Gasteiger partial charge on any atom is 0.309 e. The molecule has 4 rings (SSSR count). The molecule has 2 aromatic carbocycles. The zero-order chi connectivity index (χ0) is 27.3. The number of carbonyl (C=O) groups is 1. The van der Waals surface area contributed by atoms with Crippen molar-refractivity contribution >= 4 is 16.0 Å². The fraction of sp³-hybridized carbons (Fsp3) is 0.536. The van der Waals surface area contributed by atoms with Gasteiger partial charge in [0.2, 0.25) is 16.8 Å². The second-order valence-corrected chi connectivity index (χ2v) is 12.0. The predicted molar refractivity (Wildman–Crippen MR) is 144 cm³/mol. The Bertz CT molecular complexity index is 1200. The van der Waals surface area contributed by atoms with Gasteiger partial charge in [0.25, 0.3) is 0 Å². The number of fused-ring (bicyclic) bond motifs is 1. The molecule has 38 heavy (non-hydrogen) atoms. The molecule has 0 aromatic heterocycles. The molecule has 10 heteroatoms. The van der Waals surface area contributed by atoms with Crippen LogP contribution in [0.5, 0.6) is 17.2 Å². The molecular weight excluding hydrogens is 508 g/mol. The average Bonchev–Trinajstić information content (AvgIpc) is 3.54. The number of aliphatic carboxylic acids is 1. The van der Waals surface area contributed by atoms with Crippen LogP contribution < -0.4 is 14.2 Å². The molecule has 9 nitrogen and oxygen atoms in total. The maximum absolute atomic E-state index is 12.8. The molecule has 0 radical (unpaired) electrons. The van der Waals surface area contributed by atoms with Crippen LogP contribution in [-0.4, -0.2) is 74.0 Å². The van der Waals surface area contributed by atoms with Crippen LogP contribution in [0.3, 0.4) is 0 Å². The van der Waals surface area contributed by atoms with E-state index in [2.05, 4.69) is 4.90 Å². The van der Waals surface area contributed by atoms with Crippen molar-refractivity contribution in [2.75, 3.05) is 45.3 Å². The van der Waals surface area contributed by atoms with Gasteiger partial charge in [-0.2, -0.15) is 0 Å². The molecule has 0 spiro atoms. The summed E-state index contributed by atoms with van der Waals surface area (Å²) in [7, 11) is -3.37. The molecule has 1 fully saturated rings. The average molecular weight is 547 g/mol. The van der Waals surface area contributed by atoms with Gasteiger partial charge in [0.1, 0.15) is 5.75 Å². The van der Waals surface area contributed by atoms with E-state index in [1.54, 1.807) is 6.92 Å². The number of hydrogen-bond donors (Lipinski definition) is 1. The molecule has 3 atom stereocenters. The summed E-state index contributed by atoms with van der Waals surface area (Å²) < 4.78 is 43.7. The van der Waals surface area contributed by atoms with E-state index < -0.39 is 28.0 Å². The molecule has 208 valence electrons. The van der Waals surface area contributed by atoms with Crippen LogP contribution in [-0.2, 0) is 14.8 Å². The number of nitrogens with zero attached hydrogens (tertiary/aromatic N) is 2. The molecule has 0 unspecified atom stereocenters. The number of likely N-dealkylation sites (tertiary alicyclic amines) is 1. The summed E-state index contributed by atoms with van der Waals surface area (Å²) in [6, 6.07) is 12.8. The molecule has 2 aromatic rings. The van der Waals surface area contributed by atoms with Crippen LogP contribution in [0.1, 0.15) is 56.7 Å². The van der Waals surface area contributed by atoms with Gasteiger partial charge in [0.05, 0.1) is 18.3 Å². The molecule has 1 saturated heterocycles. The Kier molecular flexibility index (Phi) is 9.17. The number of benzene rings is 2. The lowest BCUT2D eigenvalue weighted by Gasteiger charge is -2.30. The number of carboxylic acid groups (broad SMARTS) is 1. The highest BCUT2D eigenvalue weighted by atomic mass is 32.2. The molecule has 2 aliphatic rings. The van der Waals surface area contributed by atoms with E-state index in [0.717, 1.165) is 23.3 Å². The van der Waals surface area contributed by atoms with Crippen molar-refractivity contribution < 1.29 is 32.5 Å². The summed E-state index contributed by atoms with van der Waals surface area (Å²) in [4.78, 5) is 14.9. The normalized spacial score (nSPS) is 21.2. The molecule has 0 saturated carbocycles. The monoisotopic (exact) mass is 546 g/mol. The van der Waals surface area contributed by atoms with Crippen LogP contribution in [0.15, 0.2) is 42.5 Å². The van der Waals surface area contributed by atoms with E-state index in [1.807, 2.05) is 56.3 Å². The minimum Gasteiger partial charge on any atom is -0.494 e. The third-order valence-electron chi connectivity index (χ3n) is 7.27. The Balaban J connectivity index is 1.67. The number of rotatable bonds is 13. The van der Waals surface area contributed by atoms with Crippen molar-refractivity contribution in [1.29, 1.82) is 0 Å². The predicted octanol–water partition coefficient (Wildman–Crippen LogP) is 4.11. The van der Waals surface area contributed by atoms with Gasteiger partial charge in [-0.25, -0.2) is 12.7 Å². The van der Waals surface area contributed by atoms with Gasteiger partial charge in [0.15, 0.2) is 11.5 Å². The van der Waals surface area contributed by atoms with Crippen molar-refractivity contribution in [1.82, 2.24) is 9.21 Å². The Labute approximate surface area is 225 Å². The van der Waals surface area contributed by atoms with Crippen LogP contribution in [0.25, 0.3) is 0 Å². The highest BCUT2D eigenvalue weighted by Crippen LogP contribution is 2.47. The third-order valence-corrected chi connectivity index (χ3v) is 9.15. The first-order valence-corrected chi connectivity index (χ1v) is 15.0. The van der Waals surface area contributed by atoms with Gasteiger partial charge >= 0.3 is 5.97 Å². The Morgan fingerprint density at radius 3 is 2.39 bits per heavy atom. The summed E-state index contributed by atoms with van der Waals surface area (Å²) in [5.41, 5.74) is 1.73. The van der Waals surface area contributed by atoms with E-state index in [-0.39, 0.29) is 18.5 Å². The van der Waals surface area contributed by atoms with Gasteiger partial charge < -0.3 is 19.3 Å². The molecule has 0 bridgehead atoms. The lowest BCUT2D eigenvalue weighted by Crippen LogP contribution is -2.40. The van der Waals surface area contributed by atoms with Gasteiger partial charge in [-0.1, -0.05) is 32.0 Å². The Hall–Kier alpha value is -2.82. The Morgan fingerprint density at radius 2 is 1.74 bits per heavy atom. The lowest BCUT2D eigenvalue weighted by atomic mass is 9.82. The summed E-state index contributed by atoms with van der Waals surface area (Å²) >= 11 is 0. The standard InChI is InChI=1S/C28H38N2O7S/c1-4-13-30(38(33,34)6-3)15-14-29-18-23(21-9-12-24-25(17-21)37-19-36-24)26(28(31)32)27(29)20-7-10-22(11-8-20)35-16-5-2/h7-12,17,23,26-27H,4-6,13-16,18-19H2,1-3H3,(H,31,32)/t23-,26-,27+/m1/s1. The fourth-order valence-electron chi connectivity index (χ4n) is 5.38. The quantitative estimate of drug-likeness (QED) is 0.400. The second kappa shape index (κ2) is 12.4.